The Morgan fingerprint density at radius 2 is 1.77 bits per heavy atom. The first-order valence-electron chi connectivity index (χ1n) is 7.75. The zero-order valence-electron chi connectivity index (χ0n) is 12.7. The Balaban J connectivity index is 1.63. The SMILES string of the molecule is CC1(C)[C@@H]2C[C@H]1[C@H](O)C=C2CN1C(=O)c2ccccc2C1=O. The van der Waals surface area contributed by atoms with Crippen LogP contribution in [0.3, 0.4) is 0 Å². The molecule has 4 aliphatic rings. The molecule has 22 heavy (non-hydrogen) atoms. The second-order valence-electron chi connectivity index (χ2n) is 7.19. The first-order chi connectivity index (χ1) is 10.4. The predicted molar refractivity (Wildman–Crippen MR) is 81.3 cm³/mol. The van der Waals surface area contributed by atoms with Gasteiger partial charge in [0.1, 0.15) is 0 Å². The van der Waals surface area contributed by atoms with Gasteiger partial charge in [0.25, 0.3) is 11.8 Å². The Kier molecular flexibility index (Phi) is 2.67. The summed E-state index contributed by atoms with van der Waals surface area (Å²) >= 11 is 0. The van der Waals surface area contributed by atoms with E-state index in [-0.39, 0.29) is 17.2 Å². The molecule has 0 aromatic heterocycles. The van der Waals surface area contributed by atoms with Gasteiger partial charge in [-0.2, -0.15) is 0 Å². The molecule has 5 rings (SSSR count). The zero-order valence-corrected chi connectivity index (χ0v) is 12.7. The second kappa shape index (κ2) is 4.29. The largest absolute Gasteiger partial charge is 0.389 e. The molecule has 4 heteroatoms. The predicted octanol–water partition coefficient (Wildman–Crippen LogP) is 2.25. The van der Waals surface area contributed by atoms with E-state index >= 15 is 0 Å². The molecule has 1 aromatic carbocycles. The fourth-order valence-corrected chi connectivity index (χ4v) is 4.35. The van der Waals surface area contributed by atoms with Crippen molar-refractivity contribution in [1.82, 2.24) is 4.90 Å². The van der Waals surface area contributed by atoms with E-state index in [0.29, 0.717) is 29.5 Å². The minimum atomic E-state index is -0.467. The van der Waals surface area contributed by atoms with Crippen molar-refractivity contribution in [3.63, 3.8) is 0 Å². The van der Waals surface area contributed by atoms with E-state index < -0.39 is 6.10 Å². The van der Waals surface area contributed by atoms with Crippen molar-refractivity contribution in [3.8, 4) is 0 Å². The average molecular weight is 297 g/mol. The van der Waals surface area contributed by atoms with Gasteiger partial charge in [0, 0.05) is 0 Å². The number of nitrogens with zero attached hydrogens (tertiary/aromatic N) is 1. The van der Waals surface area contributed by atoms with Crippen molar-refractivity contribution in [2.75, 3.05) is 6.54 Å². The summed E-state index contributed by atoms with van der Waals surface area (Å²) in [5.74, 6) is 0.194. The normalized spacial score (nSPS) is 31.7. The number of hydrogen-bond donors (Lipinski definition) is 1. The minimum absolute atomic E-state index is 0.0438. The van der Waals surface area contributed by atoms with Gasteiger partial charge in [-0.05, 0) is 41.4 Å². The fraction of sp³-hybridized carbons (Fsp3) is 0.444. The van der Waals surface area contributed by atoms with Crippen LogP contribution in [0.2, 0.25) is 0 Å². The summed E-state index contributed by atoms with van der Waals surface area (Å²) in [7, 11) is 0. The van der Waals surface area contributed by atoms with Crippen molar-refractivity contribution in [1.29, 1.82) is 0 Å². The van der Waals surface area contributed by atoms with Gasteiger partial charge in [-0.25, -0.2) is 0 Å². The zero-order chi connectivity index (χ0) is 15.6. The van der Waals surface area contributed by atoms with Crippen molar-refractivity contribution in [2.24, 2.45) is 17.3 Å². The summed E-state index contributed by atoms with van der Waals surface area (Å²) in [5.41, 5.74) is 2.03. The monoisotopic (exact) mass is 297 g/mol. The Morgan fingerprint density at radius 3 is 2.27 bits per heavy atom. The molecule has 0 radical (unpaired) electrons. The van der Waals surface area contributed by atoms with Crippen molar-refractivity contribution in [3.05, 3.63) is 47.0 Å². The van der Waals surface area contributed by atoms with Crippen LogP contribution in [0.5, 0.6) is 0 Å². The summed E-state index contributed by atoms with van der Waals surface area (Å²) in [4.78, 5) is 26.2. The number of aliphatic hydroxyl groups is 1. The average Bonchev–Trinajstić information content (AvgIpc) is 2.72. The first kappa shape index (κ1) is 13.7. The van der Waals surface area contributed by atoms with Gasteiger partial charge in [-0.1, -0.05) is 32.1 Å². The van der Waals surface area contributed by atoms with E-state index in [4.69, 9.17) is 0 Å². The minimum Gasteiger partial charge on any atom is -0.389 e. The maximum Gasteiger partial charge on any atom is 0.261 e. The molecule has 1 fully saturated rings. The second-order valence-corrected chi connectivity index (χ2v) is 7.19. The van der Waals surface area contributed by atoms with E-state index in [9.17, 15) is 14.7 Å². The number of hydrogen-bond acceptors (Lipinski definition) is 3. The van der Waals surface area contributed by atoms with E-state index in [2.05, 4.69) is 13.8 Å². The summed E-state index contributed by atoms with van der Waals surface area (Å²) in [5, 5.41) is 10.2. The molecule has 1 aliphatic heterocycles. The number of imide groups is 1. The van der Waals surface area contributed by atoms with Gasteiger partial charge in [-0.15, -0.1) is 0 Å². The maximum atomic E-state index is 12.5. The molecule has 0 unspecified atom stereocenters. The van der Waals surface area contributed by atoms with E-state index in [0.717, 1.165) is 12.0 Å². The molecule has 2 bridgehead atoms. The molecule has 1 aromatic rings. The lowest BCUT2D eigenvalue weighted by Crippen LogP contribution is -2.55. The van der Waals surface area contributed by atoms with E-state index in [1.807, 2.05) is 6.08 Å². The van der Waals surface area contributed by atoms with Gasteiger partial charge in [0.05, 0.1) is 23.8 Å². The molecule has 1 N–H and O–H groups in total. The number of rotatable bonds is 2. The Bertz CT molecular complexity index is 684. The fourth-order valence-electron chi connectivity index (χ4n) is 4.35. The highest BCUT2D eigenvalue weighted by atomic mass is 16.3. The van der Waals surface area contributed by atoms with Crippen molar-refractivity contribution >= 4 is 11.8 Å². The number of benzene rings is 1. The lowest BCUT2D eigenvalue weighted by atomic mass is 9.48. The van der Waals surface area contributed by atoms with Crippen LogP contribution < -0.4 is 0 Å². The number of aliphatic hydroxyl groups excluding tert-OH is 1. The number of fused-ring (bicyclic) bond motifs is 2. The quantitative estimate of drug-likeness (QED) is 0.673. The van der Waals surface area contributed by atoms with Crippen molar-refractivity contribution in [2.45, 2.75) is 26.4 Å². The van der Waals surface area contributed by atoms with Crippen LogP contribution in [0.25, 0.3) is 0 Å². The Labute approximate surface area is 129 Å². The highest BCUT2D eigenvalue weighted by molar-refractivity contribution is 6.21. The smallest absolute Gasteiger partial charge is 0.261 e. The molecule has 0 saturated heterocycles. The molecular weight excluding hydrogens is 278 g/mol. The van der Waals surface area contributed by atoms with Crippen LogP contribution in [0, 0.1) is 17.3 Å². The topological polar surface area (TPSA) is 57.6 Å². The summed E-state index contributed by atoms with van der Waals surface area (Å²) < 4.78 is 0. The molecule has 0 spiro atoms. The van der Waals surface area contributed by atoms with Crippen LogP contribution >= 0.6 is 0 Å². The van der Waals surface area contributed by atoms with Crippen LogP contribution in [-0.4, -0.2) is 34.5 Å². The van der Waals surface area contributed by atoms with Gasteiger partial charge < -0.3 is 5.11 Å². The van der Waals surface area contributed by atoms with Crippen LogP contribution in [0.1, 0.15) is 41.0 Å². The number of amides is 2. The number of carbonyl (C=O) groups excluding carboxylic acids is 2. The third-order valence-electron chi connectivity index (χ3n) is 5.81. The van der Waals surface area contributed by atoms with Gasteiger partial charge in [-0.3, -0.25) is 14.5 Å². The molecular formula is C18H19NO3. The molecule has 3 atom stereocenters. The van der Waals surface area contributed by atoms with Crippen LogP contribution in [0.4, 0.5) is 0 Å². The third-order valence-corrected chi connectivity index (χ3v) is 5.81. The van der Waals surface area contributed by atoms with Crippen LogP contribution in [0.15, 0.2) is 35.9 Å². The lowest BCUT2D eigenvalue weighted by Gasteiger charge is -2.58. The third kappa shape index (κ3) is 1.61. The summed E-state index contributed by atoms with van der Waals surface area (Å²) in [6.07, 6.45) is 2.33. The van der Waals surface area contributed by atoms with Gasteiger partial charge in [0.2, 0.25) is 0 Å². The summed E-state index contributed by atoms with van der Waals surface area (Å²) in [6, 6.07) is 6.94. The first-order valence-corrected chi connectivity index (χ1v) is 7.75. The van der Waals surface area contributed by atoms with E-state index in [1.165, 1.54) is 4.90 Å². The molecule has 1 saturated carbocycles. The Morgan fingerprint density at radius 1 is 1.18 bits per heavy atom. The molecule has 2 amide bonds. The molecule has 114 valence electrons. The highest BCUT2D eigenvalue weighted by Crippen LogP contribution is 2.59. The highest BCUT2D eigenvalue weighted by Gasteiger charge is 2.55. The standard InChI is InChI=1S/C18H19NO3/c1-18(2)13-8-14(18)15(20)7-10(13)9-19-16(21)11-5-3-4-6-12(11)17(19)22/h3-7,13-15,20H,8-9H2,1-2H3/t13-,14+,15-/m1/s1. The van der Waals surface area contributed by atoms with Crippen molar-refractivity contribution < 1.29 is 14.7 Å². The molecule has 4 nitrogen and oxygen atoms in total. The van der Waals surface area contributed by atoms with Crippen LogP contribution in [-0.2, 0) is 0 Å². The number of carbonyl (C=O) groups is 2. The molecule has 1 heterocycles. The summed E-state index contributed by atoms with van der Waals surface area (Å²) in [6.45, 7) is 4.61. The Hall–Kier alpha value is -1.94. The molecule has 3 aliphatic carbocycles. The van der Waals surface area contributed by atoms with E-state index in [1.54, 1.807) is 24.3 Å². The maximum absolute atomic E-state index is 12.5. The van der Waals surface area contributed by atoms with Gasteiger partial charge >= 0.3 is 0 Å². The van der Waals surface area contributed by atoms with Gasteiger partial charge in [0.15, 0.2) is 0 Å². The lowest BCUT2D eigenvalue weighted by molar-refractivity contribution is -0.0781.